The first-order valence-corrected chi connectivity index (χ1v) is 9.66. The van der Waals surface area contributed by atoms with Gasteiger partial charge in [-0.15, -0.1) is 0 Å². The Morgan fingerprint density at radius 3 is 2.46 bits per heavy atom. The molecular weight excluding hydrogens is 344 g/mol. The van der Waals surface area contributed by atoms with Crippen LogP contribution in [0.5, 0.6) is 0 Å². The maximum atomic E-state index is 13.2. The lowest BCUT2D eigenvalue weighted by atomic mass is 9.80. The molecule has 0 spiro atoms. The van der Waals surface area contributed by atoms with Crippen LogP contribution in [0.25, 0.3) is 45.2 Å². The number of aromatic nitrogens is 2. The standard InChI is InChI=1S/C25H18N2O/c1-27-22-12-5-4-11-21(22)26-25(27)19-14-13-17-15-7-2-3-8-18(15)24(28)20-10-6-9-16(19)23(17)20/h2-5,7-9,11-14H,6,10H2,1H3. The quantitative estimate of drug-likeness (QED) is 0.516. The van der Waals surface area contributed by atoms with Crippen molar-refractivity contribution in [3.8, 4) is 22.5 Å². The highest BCUT2D eigenvalue weighted by atomic mass is 16.1. The van der Waals surface area contributed by atoms with Crippen molar-refractivity contribution in [1.29, 1.82) is 0 Å². The van der Waals surface area contributed by atoms with Crippen LogP contribution >= 0.6 is 0 Å². The molecule has 0 N–H and O–H groups in total. The van der Waals surface area contributed by atoms with Crippen molar-refractivity contribution in [2.75, 3.05) is 0 Å². The summed E-state index contributed by atoms with van der Waals surface area (Å²) in [6.45, 7) is 0. The van der Waals surface area contributed by atoms with E-state index in [1.54, 1.807) is 0 Å². The normalized spacial score (nSPS) is 14.6. The number of carbonyl (C=O) groups excluding carboxylic acids is 1. The second-order valence-corrected chi connectivity index (χ2v) is 7.53. The summed E-state index contributed by atoms with van der Waals surface area (Å²) in [6.07, 6.45) is 3.97. The largest absolute Gasteiger partial charge is 0.327 e. The molecule has 2 aliphatic rings. The van der Waals surface area contributed by atoms with Gasteiger partial charge in [0.05, 0.1) is 11.0 Å². The molecule has 0 radical (unpaired) electrons. The molecule has 4 aromatic rings. The minimum atomic E-state index is 0.180. The molecule has 3 aromatic carbocycles. The van der Waals surface area contributed by atoms with Gasteiger partial charge in [-0.2, -0.15) is 0 Å². The van der Waals surface area contributed by atoms with E-state index in [0.717, 1.165) is 62.4 Å². The van der Waals surface area contributed by atoms with Crippen molar-refractivity contribution in [1.82, 2.24) is 9.55 Å². The molecule has 6 rings (SSSR count). The molecule has 0 amide bonds. The first kappa shape index (κ1) is 15.6. The number of ketones is 1. The van der Waals surface area contributed by atoms with Gasteiger partial charge in [0.2, 0.25) is 0 Å². The number of hydrogen-bond acceptors (Lipinski definition) is 2. The Morgan fingerprint density at radius 2 is 1.61 bits per heavy atom. The zero-order valence-electron chi connectivity index (χ0n) is 15.6. The molecule has 0 saturated carbocycles. The van der Waals surface area contributed by atoms with Gasteiger partial charge in [-0.05, 0) is 46.5 Å². The first-order valence-electron chi connectivity index (χ1n) is 9.66. The third-order valence-electron chi connectivity index (χ3n) is 6.05. The molecule has 1 heterocycles. The number of aryl methyl sites for hydroxylation is 1. The van der Waals surface area contributed by atoms with Gasteiger partial charge in [-0.1, -0.05) is 54.6 Å². The zero-order valence-corrected chi connectivity index (χ0v) is 15.6. The molecule has 0 fully saturated rings. The zero-order chi connectivity index (χ0) is 18.8. The predicted octanol–water partition coefficient (Wildman–Crippen LogP) is 3.83. The van der Waals surface area contributed by atoms with E-state index in [2.05, 4.69) is 42.0 Å². The van der Waals surface area contributed by atoms with Gasteiger partial charge < -0.3 is 4.57 Å². The van der Waals surface area contributed by atoms with E-state index >= 15 is 0 Å². The molecule has 0 bridgehead atoms. The summed E-state index contributed by atoms with van der Waals surface area (Å²) in [7, 11) is 2.06. The molecule has 3 heteroatoms. The minimum Gasteiger partial charge on any atom is -0.327 e. The third kappa shape index (κ3) is 1.93. The van der Waals surface area contributed by atoms with E-state index in [1.165, 1.54) is 5.56 Å². The van der Waals surface area contributed by atoms with Gasteiger partial charge in [0.15, 0.2) is 5.78 Å². The van der Waals surface area contributed by atoms with Gasteiger partial charge >= 0.3 is 0 Å². The van der Waals surface area contributed by atoms with E-state index in [9.17, 15) is 4.79 Å². The van der Waals surface area contributed by atoms with Crippen LogP contribution in [-0.2, 0) is 7.05 Å². The minimum absolute atomic E-state index is 0.180. The second-order valence-electron chi connectivity index (χ2n) is 7.53. The maximum absolute atomic E-state index is 13.2. The molecule has 0 atom stereocenters. The highest BCUT2D eigenvalue weighted by Gasteiger charge is 2.27. The molecule has 1 aromatic heterocycles. The molecule has 28 heavy (non-hydrogen) atoms. The number of nitrogens with zero attached hydrogens (tertiary/aromatic N) is 2. The average molecular weight is 362 g/mol. The number of hydrogen-bond donors (Lipinski definition) is 0. The van der Waals surface area contributed by atoms with Crippen molar-refractivity contribution >= 4 is 28.5 Å². The first-order chi connectivity index (χ1) is 13.7. The lowest BCUT2D eigenvalue weighted by Gasteiger charge is -2.22. The SMILES string of the molecule is Cn1c(-c2ccc3c4c2=CCCC=4C(=O)c2ccccc2-3)nc2ccccc21. The van der Waals surface area contributed by atoms with E-state index in [-0.39, 0.29) is 5.78 Å². The molecule has 0 aliphatic heterocycles. The van der Waals surface area contributed by atoms with E-state index in [0.29, 0.717) is 0 Å². The summed E-state index contributed by atoms with van der Waals surface area (Å²) in [4.78, 5) is 18.1. The van der Waals surface area contributed by atoms with E-state index in [4.69, 9.17) is 4.98 Å². The van der Waals surface area contributed by atoms with Gasteiger partial charge in [0, 0.05) is 23.7 Å². The van der Waals surface area contributed by atoms with Gasteiger partial charge in [0.1, 0.15) is 5.82 Å². The fraction of sp³-hybridized carbons (Fsp3) is 0.120. The summed E-state index contributed by atoms with van der Waals surface area (Å²) < 4.78 is 2.15. The van der Waals surface area contributed by atoms with Crippen LogP contribution in [0.2, 0.25) is 0 Å². The number of fused-ring (bicyclic) bond motifs is 3. The summed E-state index contributed by atoms with van der Waals surface area (Å²) >= 11 is 0. The predicted molar refractivity (Wildman–Crippen MR) is 112 cm³/mol. The van der Waals surface area contributed by atoms with Crippen LogP contribution in [-0.4, -0.2) is 15.3 Å². The fourth-order valence-electron chi connectivity index (χ4n) is 4.75. The number of rotatable bonds is 1. The number of Topliss-reactive ketones (excluding diaryl/α,β-unsaturated/α-hetero) is 1. The van der Waals surface area contributed by atoms with Crippen molar-refractivity contribution in [2.24, 2.45) is 7.05 Å². The average Bonchev–Trinajstić information content (AvgIpc) is 3.08. The van der Waals surface area contributed by atoms with Crippen LogP contribution in [0.1, 0.15) is 23.2 Å². The van der Waals surface area contributed by atoms with Crippen LogP contribution < -0.4 is 10.4 Å². The molecule has 3 nitrogen and oxygen atoms in total. The summed E-state index contributed by atoms with van der Waals surface area (Å²) in [5.41, 5.74) is 7.19. The number of carbonyl (C=O) groups is 1. The number of benzene rings is 3. The van der Waals surface area contributed by atoms with Crippen molar-refractivity contribution in [3.63, 3.8) is 0 Å². The molecule has 0 unspecified atom stereocenters. The van der Waals surface area contributed by atoms with E-state index < -0.39 is 0 Å². The summed E-state index contributed by atoms with van der Waals surface area (Å²) in [6, 6.07) is 20.5. The lowest BCUT2D eigenvalue weighted by molar-refractivity contribution is 0.105. The molecular formula is C25H18N2O. The Morgan fingerprint density at radius 1 is 0.857 bits per heavy atom. The fourth-order valence-corrected chi connectivity index (χ4v) is 4.75. The monoisotopic (exact) mass is 362 g/mol. The summed E-state index contributed by atoms with van der Waals surface area (Å²) in [5, 5.41) is 2.26. The third-order valence-corrected chi connectivity index (χ3v) is 6.05. The molecule has 134 valence electrons. The van der Waals surface area contributed by atoms with Crippen LogP contribution in [0.3, 0.4) is 0 Å². The molecule has 2 aliphatic carbocycles. The molecule has 0 saturated heterocycles. The highest BCUT2D eigenvalue weighted by Crippen LogP contribution is 2.31. The van der Waals surface area contributed by atoms with Gasteiger partial charge in [0.25, 0.3) is 0 Å². The Hall–Kier alpha value is -3.46. The number of imidazole rings is 1. The summed E-state index contributed by atoms with van der Waals surface area (Å²) in [5.74, 6) is 1.13. The topological polar surface area (TPSA) is 34.9 Å². The Kier molecular flexibility index (Phi) is 3.07. The maximum Gasteiger partial charge on any atom is 0.190 e. The highest BCUT2D eigenvalue weighted by molar-refractivity contribution is 6.29. The van der Waals surface area contributed by atoms with Crippen molar-refractivity contribution in [2.45, 2.75) is 12.8 Å². The lowest BCUT2D eigenvalue weighted by Crippen LogP contribution is -2.38. The van der Waals surface area contributed by atoms with E-state index in [1.807, 2.05) is 36.4 Å². The Labute approximate surface area is 162 Å². The Balaban J connectivity index is 1.74. The smallest absolute Gasteiger partial charge is 0.190 e. The Bertz CT molecular complexity index is 1440. The van der Waals surface area contributed by atoms with Gasteiger partial charge in [-0.25, -0.2) is 4.98 Å². The second kappa shape index (κ2) is 5.52. The van der Waals surface area contributed by atoms with Crippen LogP contribution in [0, 0.1) is 0 Å². The van der Waals surface area contributed by atoms with Crippen molar-refractivity contribution in [3.05, 3.63) is 76.7 Å². The number of para-hydroxylation sites is 2. The van der Waals surface area contributed by atoms with Gasteiger partial charge in [-0.3, -0.25) is 4.79 Å². The van der Waals surface area contributed by atoms with Crippen LogP contribution in [0.4, 0.5) is 0 Å². The van der Waals surface area contributed by atoms with Crippen LogP contribution in [0.15, 0.2) is 60.7 Å². The van der Waals surface area contributed by atoms with Crippen molar-refractivity contribution < 1.29 is 4.79 Å².